The Morgan fingerprint density at radius 1 is 1.29 bits per heavy atom. The Bertz CT molecular complexity index is 732. The van der Waals surface area contributed by atoms with Crippen molar-refractivity contribution < 1.29 is 12.8 Å². The number of nitrogens with one attached hydrogen (secondary N) is 2. The van der Waals surface area contributed by atoms with Crippen LogP contribution in [0.25, 0.3) is 0 Å². The molecule has 0 aliphatic rings. The van der Waals surface area contributed by atoms with Gasteiger partial charge in [-0.1, -0.05) is 18.5 Å². The van der Waals surface area contributed by atoms with E-state index < -0.39 is 15.8 Å². The van der Waals surface area contributed by atoms with Crippen LogP contribution in [0.5, 0.6) is 0 Å². The van der Waals surface area contributed by atoms with Gasteiger partial charge < -0.3 is 5.32 Å². The molecule has 21 heavy (non-hydrogen) atoms. The van der Waals surface area contributed by atoms with E-state index in [2.05, 4.69) is 10.0 Å². The summed E-state index contributed by atoms with van der Waals surface area (Å²) >= 11 is 6.89. The lowest BCUT2D eigenvalue weighted by Crippen LogP contribution is -2.12. The van der Waals surface area contributed by atoms with E-state index in [0.717, 1.165) is 28.8 Å². The Hall–Kier alpha value is -1.15. The number of hydrogen-bond donors (Lipinski definition) is 2. The van der Waals surface area contributed by atoms with Gasteiger partial charge in [-0.2, -0.15) is 0 Å². The van der Waals surface area contributed by atoms with Crippen LogP contribution in [-0.2, 0) is 16.6 Å². The molecule has 114 valence electrons. The average molecular weight is 349 g/mol. The van der Waals surface area contributed by atoms with Crippen LogP contribution >= 0.6 is 22.9 Å². The number of thiophene rings is 1. The van der Waals surface area contributed by atoms with E-state index in [0.29, 0.717) is 6.54 Å². The van der Waals surface area contributed by atoms with Gasteiger partial charge >= 0.3 is 0 Å². The molecule has 0 bridgehead atoms. The first-order valence-corrected chi connectivity index (χ1v) is 8.87. The SMILES string of the molecule is CCNCc1ccc(S(=O)(=O)Nc2cc(Cl)ccc2F)s1. The molecule has 2 rings (SSSR count). The third kappa shape index (κ3) is 4.16. The van der Waals surface area contributed by atoms with E-state index in [1.165, 1.54) is 18.2 Å². The molecule has 0 fully saturated rings. The summed E-state index contributed by atoms with van der Waals surface area (Å²) in [5.41, 5.74) is -0.163. The summed E-state index contributed by atoms with van der Waals surface area (Å²) in [6.07, 6.45) is 0. The normalized spacial score (nSPS) is 11.6. The molecule has 0 unspecified atom stereocenters. The largest absolute Gasteiger partial charge is 0.312 e. The zero-order valence-corrected chi connectivity index (χ0v) is 13.6. The van der Waals surface area contributed by atoms with Crippen LogP contribution in [0.15, 0.2) is 34.5 Å². The van der Waals surface area contributed by atoms with Crippen molar-refractivity contribution in [2.45, 2.75) is 17.7 Å². The molecule has 0 aliphatic carbocycles. The van der Waals surface area contributed by atoms with Gasteiger partial charge in [0, 0.05) is 16.4 Å². The van der Waals surface area contributed by atoms with Crippen LogP contribution in [0, 0.1) is 5.82 Å². The highest BCUT2D eigenvalue weighted by Gasteiger charge is 2.18. The summed E-state index contributed by atoms with van der Waals surface area (Å²) < 4.78 is 40.4. The first-order valence-electron chi connectivity index (χ1n) is 6.19. The van der Waals surface area contributed by atoms with Gasteiger partial charge in [-0.25, -0.2) is 12.8 Å². The smallest absolute Gasteiger partial charge is 0.271 e. The molecule has 0 saturated carbocycles. The Labute approximate surface area is 132 Å². The van der Waals surface area contributed by atoms with E-state index in [1.54, 1.807) is 6.07 Å². The number of sulfonamides is 1. The van der Waals surface area contributed by atoms with Crippen molar-refractivity contribution in [1.82, 2.24) is 5.32 Å². The van der Waals surface area contributed by atoms with Crippen molar-refractivity contribution in [2.24, 2.45) is 0 Å². The van der Waals surface area contributed by atoms with Gasteiger partial charge in [-0.15, -0.1) is 11.3 Å². The maximum atomic E-state index is 13.6. The van der Waals surface area contributed by atoms with E-state index >= 15 is 0 Å². The molecule has 2 N–H and O–H groups in total. The minimum atomic E-state index is -3.81. The average Bonchev–Trinajstić information content (AvgIpc) is 2.90. The second-order valence-electron chi connectivity index (χ2n) is 4.23. The van der Waals surface area contributed by atoms with Gasteiger partial charge in [0.05, 0.1) is 5.69 Å². The predicted molar refractivity (Wildman–Crippen MR) is 83.9 cm³/mol. The van der Waals surface area contributed by atoms with Gasteiger partial charge in [-0.05, 0) is 36.9 Å². The molecule has 0 aliphatic heterocycles. The van der Waals surface area contributed by atoms with E-state index in [1.807, 2.05) is 6.92 Å². The molecule has 0 saturated heterocycles. The molecular weight excluding hydrogens is 335 g/mol. The van der Waals surface area contributed by atoms with Crippen LogP contribution in [0.1, 0.15) is 11.8 Å². The monoisotopic (exact) mass is 348 g/mol. The highest BCUT2D eigenvalue weighted by atomic mass is 35.5. The molecule has 0 radical (unpaired) electrons. The molecule has 8 heteroatoms. The van der Waals surface area contributed by atoms with E-state index in [9.17, 15) is 12.8 Å². The summed E-state index contributed by atoms with van der Waals surface area (Å²) in [5.74, 6) is -0.674. The van der Waals surface area contributed by atoms with Crippen molar-refractivity contribution in [3.63, 3.8) is 0 Å². The quantitative estimate of drug-likeness (QED) is 0.840. The zero-order chi connectivity index (χ0) is 15.5. The van der Waals surface area contributed by atoms with Crippen molar-refractivity contribution in [3.8, 4) is 0 Å². The third-order valence-corrected chi connectivity index (χ3v) is 5.80. The fraction of sp³-hybridized carbons (Fsp3) is 0.231. The molecule has 1 aromatic heterocycles. The van der Waals surface area contributed by atoms with Crippen LogP contribution in [0.4, 0.5) is 10.1 Å². The predicted octanol–water partition coefficient (Wildman–Crippen LogP) is 3.45. The van der Waals surface area contributed by atoms with Crippen LogP contribution < -0.4 is 10.0 Å². The summed E-state index contributed by atoms with van der Waals surface area (Å²) in [6.45, 7) is 3.36. The lowest BCUT2D eigenvalue weighted by molar-refractivity contribution is 0.600. The van der Waals surface area contributed by atoms with E-state index in [-0.39, 0.29) is 14.9 Å². The highest BCUT2D eigenvalue weighted by molar-refractivity contribution is 7.94. The number of halogens is 2. The molecule has 2 aromatic rings. The van der Waals surface area contributed by atoms with Gasteiger partial charge in [0.2, 0.25) is 0 Å². The molecule has 0 spiro atoms. The Morgan fingerprint density at radius 2 is 2.05 bits per heavy atom. The minimum Gasteiger partial charge on any atom is -0.312 e. The fourth-order valence-corrected chi connectivity index (χ4v) is 4.17. The van der Waals surface area contributed by atoms with Crippen molar-refractivity contribution in [3.05, 3.63) is 46.0 Å². The maximum absolute atomic E-state index is 13.6. The van der Waals surface area contributed by atoms with Crippen LogP contribution in [0.3, 0.4) is 0 Å². The van der Waals surface area contributed by atoms with Crippen molar-refractivity contribution >= 4 is 38.6 Å². The van der Waals surface area contributed by atoms with Crippen molar-refractivity contribution in [2.75, 3.05) is 11.3 Å². The van der Waals surface area contributed by atoms with Gasteiger partial charge in [0.15, 0.2) is 0 Å². The maximum Gasteiger partial charge on any atom is 0.271 e. The third-order valence-electron chi connectivity index (χ3n) is 2.62. The summed E-state index contributed by atoms with van der Waals surface area (Å²) in [7, 11) is -3.81. The number of anilines is 1. The van der Waals surface area contributed by atoms with Gasteiger partial charge in [0.25, 0.3) is 10.0 Å². The molecule has 1 heterocycles. The summed E-state index contributed by atoms with van der Waals surface area (Å²) in [5, 5.41) is 3.37. The second-order valence-corrected chi connectivity index (χ2v) is 7.74. The molecule has 0 amide bonds. The Balaban J connectivity index is 2.22. The Morgan fingerprint density at radius 3 is 2.76 bits per heavy atom. The number of rotatable bonds is 6. The lowest BCUT2D eigenvalue weighted by Gasteiger charge is -2.07. The second kappa shape index (κ2) is 6.74. The number of hydrogen-bond acceptors (Lipinski definition) is 4. The minimum absolute atomic E-state index is 0.134. The summed E-state index contributed by atoms with van der Waals surface area (Å²) in [4.78, 5) is 0.892. The lowest BCUT2D eigenvalue weighted by atomic mass is 10.3. The molecular formula is C13H14ClFN2O2S2. The summed E-state index contributed by atoms with van der Waals surface area (Å²) in [6, 6.07) is 6.94. The first kappa shape index (κ1) is 16.2. The van der Waals surface area contributed by atoms with Crippen LogP contribution in [-0.4, -0.2) is 15.0 Å². The first-order chi connectivity index (χ1) is 9.92. The Kier molecular flexibility index (Phi) is 5.21. The number of benzene rings is 1. The molecule has 0 atom stereocenters. The van der Waals surface area contributed by atoms with Crippen molar-refractivity contribution in [1.29, 1.82) is 0 Å². The van der Waals surface area contributed by atoms with Crippen LogP contribution in [0.2, 0.25) is 5.02 Å². The van der Waals surface area contributed by atoms with Gasteiger partial charge in [0.1, 0.15) is 10.0 Å². The highest BCUT2D eigenvalue weighted by Crippen LogP contribution is 2.26. The van der Waals surface area contributed by atoms with Gasteiger partial charge in [-0.3, -0.25) is 4.72 Å². The zero-order valence-electron chi connectivity index (χ0n) is 11.2. The molecule has 1 aromatic carbocycles. The fourth-order valence-electron chi connectivity index (χ4n) is 1.62. The standard InChI is InChI=1S/C13H14ClFN2O2S2/c1-2-16-8-10-4-6-13(20-10)21(18,19)17-12-7-9(14)3-5-11(12)15/h3-7,16-17H,2,8H2,1H3. The molecule has 4 nitrogen and oxygen atoms in total. The van der Waals surface area contributed by atoms with E-state index in [4.69, 9.17) is 11.6 Å². The topological polar surface area (TPSA) is 58.2 Å².